The SMILES string of the molecule is C.CSc1ccc(Oc2ccc(-c3cc(C)c(C#N)c(=O)n3Cc3ccc(C)cc3C)cc2)cc1. The monoisotopic (exact) mass is 482 g/mol. The van der Waals surface area contributed by atoms with Crippen LogP contribution in [0.25, 0.3) is 11.3 Å². The van der Waals surface area contributed by atoms with Gasteiger partial charge in [0, 0.05) is 4.90 Å². The van der Waals surface area contributed by atoms with E-state index < -0.39 is 0 Å². The number of aromatic nitrogens is 1. The second-order valence-electron chi connectivity index (χ2n) is 8.32. The summed E-state index contributed by atoms with van der Waals surface area (Å²) in [5, 5.41) is 9.57. The first-order valence-electron chi connectivity index (χ1n) is 11.0. The lowest BCUT2D eigenvalue weighted by molar-refractivity contribution is 0.482. The molecule has 3 aromatic carbocycles. The molecule has 0 saturated heterocycles. The van der Waals surface area contributed by atoms with Crippen LogP contribution in [-0.2, 0) is 6.54 Å². The summed E-state index contributed by atoms with van der Waals surface area (Å²) >= 11 is 1.69. The van der Waals surface area contributed by atoms with E-state index in [2.05, 4.69) is 19.1 Å². The predicted octanol–water partition coefficient (Wildman–Crippen LogP) is 7.51. The fourth-order valence-electron chi connectivity index (χ4n) is 3.97. The second kappa shape index (κ2) is 11.1. The highest BCUT2D eigenvalue weighted by Gasteiger charge is 2.15. The van der Waals surface area contributed by atoms with Gasteiger partial charge >= 0.3 is 0 Å². The lowest BCUT2D eigenvalue weighted by Gasteiger charge is -2.17. The standard InChI is InChI=1S/C29H26N2O2S.CH4/c1-19-5-6-23(20(2)15-19)18-31-28(16-21(3)27(17-30)29(31)32)22-7-9-24(10-8-22)33-25-11-13-26(34-4)14-12-25;/h5-16H,18H2,1-4H3;1H4. The normalized spacial score (nSPS) is 10.4. The summed E-state index contributed by atoms with van der Waals surface area (Å²) in [6.45, 7) is 6.30. The minimum atomic E-state index is -0.272. The van der Waals surface area contributed by atoms with E-state index in [1.165, 1.54) is 10.5 Å². The number of pyridine rings is 1. The molecule has 0 fully saturated rings. The summed E-state index contributed by atoms with van der Waals surface area (Å²) in [5.74, 6) is 1.49. The van der Waals surface area contributed by atoms with E-state index in [-0.39, 0.29) is 18.5 Å². The molecule has 0 aliphatic rings. The molecule has 0 saturated carbocycles. The van der Waals surface area contributed by atoms with Gasteiger partial charge in [0.1, 0.15) is 23.1 Å². The van der Waals surface area contributed by atoms with Crippen molar-refractivity contribution >= 4 is 11.8 Å². The Kier molecular flexibility index (Phi) is 8.22. The maximum absolute atomic E-state index is 13.3. The molecule has 4 rings (SSSR count). The topological polar surface area (TPSA) is 55.0 Å². The molecule has 35 heavy (non-hydrogen) atoms. The zero-order valence-electron chi connectivity index (χ0n) is 19.8. The predicted molar refractivity (Wildman–Crippen MR) is 146 cm³/mol. The van der Waals surface area contributed by atoms with Crippen molar-refractivity contribution in [1.82, 2.24) is 4.57 Å². The Hall–Kier alpha value is -3.75. The van der Waals surface area contributed by atoms with Crippen LogP contribution in [-0.4, -0.2) is 10.8 Å². The zero-order chi connectivity index (χ0) is 24.2. The average Bonchev–Trinajstić information content (AvgIpc) is 2.83. The molecule has 0 atom stereocenters. The van der Waals surface area contributed by atoms with Crippen molar-refractivity contribution in [3.05, 3.63) is 111 Å². The highest BCUT2D eigenvalue weighted by atomic mass is 32.2. The van der Waals surface area contributed by atoms with Crippen LogP contribution in [0.5, 0.6) is 11.5 Å². The maximum atomic E-state index is 13.3. The molecule has 1 heterocycles. The van der Waals surface area contributed by atoms with Crippen molar-refractivity contribution < 1.29 is 4.74 Å². The van der Waals surface area contributed by atoms with Crippen LogP contribution in [0.3, 0.4) is 0 Å². The average molecular weight is 483 g/mol. The zero-order valence-corrected chi connectivity index (χ0v) is 20.6. The summed E-state index contributed by atoms with van der Waals surface area (Å²) in [4.78, 5) is 14.5. The lowest BCUT2D eigenvalue weighted by Crippen LogP contribution is -2.26. The third-order valence-corrected chi connectivity index (χ3v) is 6.62. The van der Waals surface area contributed by atoms with Crippen molar-refractivity contribution in [3.63, 3.8) is 0 Å². The largest absolute Gasteiger partial charge is 0.457 e. The Bertz CT molecular complexity index is 1430. The second-order valence-corrected chi connectivity index (χ2v) is 9.20. The van der Waals surface area contributed by atoms with Crippen molar-refractivity contribution in [3.8, 4) is 28.8 Å². The summed E-state index contributed by atoms with van der Waals surface area (Å²) in [6, 6.07) is 25.9. The van der Waals surface area contributed by atoms with E-state index in [1.807, 2.05) is 79.9 Å². The number of ether oxygens (including phenoxy) is 1. The smallest absolute Gasteiger partial charge is 0.269 e. The van der Waals surface area contributed by atoms with E-state index in [0.717, 1.165) is 28.1 Å². The number of benzene rings is 3. The van der Waals surface area contributed by atoms with Crippen LogP contribution in [0.4, 0.5) is 0 Å². The number of hydrogen-bond acceptors (Lipinski definition) is 4. The van der Waals surface area contributed by atoms with Gasteiger partial charge in [0.2, 0.25) is 0 Å². The van der Waals surface area contributed by atoms with Gasteiger partial charge < -0.3 is 9.30 Å². The Morgan fingerprint density at radius 3 is 2.09 bits per heavy atom. The molecule has 5 heteroatoms. The molecule has 0 spiro atoms. The van der Waals surface area contributed by atoms with E-state index in [4.69, 9.17) is 4.74 Å². The van der Waals surface area contributed by atoms with Crippen LogP contribution in [0.1, 0.15) is 35.2 Å². The maximum Gasteiger partial charge on any atom is 0.269 e. The molecule has 0 amide bonds. The van der Waals surface area contributed by atoms with Crippen molar-refractivity contribution in [2.24, 2.45) is 0 Å². The van der Waals surface area contributed by atoms with E-state index in [9.17, 15) is 10.1 Å². The molecule has 0 N–H and O–H groups in total. The molecule has 1 aromatic heterocycles. The van der Waals surface area contributed by atoms with Crippen molar-refractivity contribution in [1.29, 1.82) is 5.26 Å². The molecule has 0 aliphatic carbocycles. The van der Waals surface area contributed by atoms with E-state index in [0.29, 0.717) is 17.9 Å². The molecular formula is C30H30N2O2S. The lowest BCUT2D eigenvalue weighted by atomic mass is 10.0. The van der Waals surface area contributed by atoms with Gasteiger partial charge in [-0.2, -0.15) is 5.26 Å². The molecule has 0 bridgehead atoms. The number of rotatable bonds is 6. The number of thioether (sulfide) groups is 1. The Labute approximate surface area is 211 Å². The quantitative estimate of drug-likeness (QED) is 0.267. The fraction of sp³-hybridized carbons (Fsp3) is 0.200. The number of nitrogens with zero attached hydrogens (tertiary/aromatic N) is 2. The summed E-state index contributed by atoms with van der Waals surface area (Å²) < 4.78 is 7.68. The van der Waals surface area contributed by atoms with Crippen LogP contribution >= 0.6 is 11.8 Å². The Balaban J connectivity index is 0.00000342. The van der Waals surface area contributed by atoms with E-state index >= 15 is 0 Å². The number of aryl methyl sites for hydroxylation is 3. The van der Waals surface area contributed by atoms with Crippen LogP contribution < -0.4 is 10.3 Å². The molecule has 0 unspecified atom stereocenters. The molecular weight excluding hydrogens is 452 g/mol. The van der Waals surface area contributed by atoms with Crippen molar-refractivity contribution in [2.45, 2.75) is 39.6 Å². The summed E-state index contributed by atoms with van der Waals surface area (Å²) in [7, 11) is 0. The highest BCUT2D eigenvalue weighted by Crippen LogP contribution is 2.28. The molecule has 0 aliphatic heterocycles. The van der Waals surface area contributed by atoms with Gasteiger partial charge in [-0.15, -0.1) is 11.8 Å². The first-order chi connectivity index (χ1) is 16.4. The van der Waals surface area contributed by atoms with Gasteiger partial charge in [-0.05, 0) is 104 Å². The van der Waals surface area contributed by atoms with E-state index in [1.54, 1.807) is 23.3 Å². The summed E-state index contributed by atoms with van der Waals surface area (Å²) in [6.07, 6.45) is 2.04. The first-order valence-corrected chi connectivity index (χ1v) is 12.2. The Morgan fingerprint density at radius 2 is 1.51 bits per heavy atom. The highest BCUT2D eigenvalue weighted by molar-refractivity contribution is 7.98. The van der Waals surface area contributed by atoms with Gasteiger partial charge in [0.15, 0.2) is 0 Å². The van der Waals surface area contributed by atoms with Gasteiger partial charge in [-0.3, -0.25) is 4.79 Å². The van der Waals surface area contributed by atoms with Crippen molar-refractivity contribution in [2.75, 3.05) is 6.26 Å². The Morgan fingerprint density at radius 1 is 0.886 bits per heavy atom. The molecule has 4 aromatic rings. The minimum absolute atomic E-state index is 0. The van der Waals surface area contributed by atoms with Crippen LogP contribution in [0, 0.1) is 32.1 Å². The summed E-state index contributed by atoms with van der Waals surface area (Å²) in [5.41, 5.74) is 5.59. The molecule has 0 radical (unpaired) electrons. The first kappa shape index (κ1) is 25.9. The number of nitriles is 1. The molecule has 4 nitrogen and oxygen atoms in total. The van der Waals surface area contributed by atoms with Gasteiger partial charge in [0.25, 0.3) is 5.56 Å². The van der Waals surface area contributed by atoms with Gasteiger partial charge in [-0.25, -0.2) is 0 Å². The van der Waals surface area contributed by atoms with Gasteiger partial charge in [-0.1, -0.05) is 31.2 Å². The molecule has 178 valence electrons. The van der Waals surface area contributed by atoms with Crippen LogP contribution in [0.15, 0.2) is 82.5 Å². The van der Waals surface area contributed by atoms with Gasteiger partial charge in [0.05, 0.1) is 12.2 Å². The minimum Gasteiger partial charge on any atom is -0.457 e. The number of hydrogen-bond donors (Lipinski definition) is 0. The third kappa shape index (κ3) is 5.67. The third-order valence-electron chi connectivity index (χ3n) is 5.88. The van der Waals surface area contributed by atoms with Crippen LogP contribution in [0.2, 0.25) is 0 Å². The fourth-order valence-corrected chi connectivity index (χ4v) is 4.38.